The van der Waals surface area contributed by atoms with E-state index in [1.807, 2.05) is 6.92 Å². The van der Waals surface area contributed by atoms with Gasteiger partial charge in [0.2, 0.25) is 0 Å². The number of hydrogen-bond acceptors (Lipinski definition) is 4. The molecule has 106 valence electrons. The third kappa shape index (κ3) is 3.92. The van der Waals surface area contributed by atoms with Gasteiger partial charge in [0, 0.05) is 32.3 Å². The second-order valence-electron chi connectivity index (χ2n) is 5.59. The van der Waals surface area contributed by atoms with Gasteiger partial charge in [0.1, 0.15) is 0 Å². The van der Waals surface area contributed by atoms with Gasteiger partial charge in [-0.05, 0) is 52.2 Å². The Hall–Kier alpha value is -0.160. The summed E-state index contributed by atoms with van der Waals surface area (Å²) >= 11 is 0. The van der Waals surface area contributed by atoms with Gasteiger partial charge < -0.3 is 15.4 Å². The molecule has 2 saturated heterocycles. The van der Waals surface area contributed by atoms with Crippen LogP contribution in [0.25, 0.3) is 0 Å². The van der Waals surface area contributed by atoms with Gasteiger partial charge in [-0.2, -0.15) is 0 Å². The molecule has 0 amide bonds. The van der Waals surface area contributed by atoms with Gasteiger partial charge in [-0.3, -0.25) is 4.90 Å². The van der Waals surface area contributed by atoms with E-state index in [2.05, 4.69) is 9.80 Å². The molecular weight excluding hydrogens is 226 g/mol. The molecule has 0 aromatic rings. The highest BCUT2D eigenvalue weighted by molar-refractivity contribution is 4.85. The number of ether oxygens (including phenoxy) is 1. The Morgan fingerprint density at radius 3 is 2.72 bits per heavy atom. The van der Waals surface area contributed by atoms with Crippen LogP contribution in [0.3, 0.4) is 0 Å². The van der Waals surface area contributed by atoms with Crippen LogP contribution in [0.5, 0.6) is 0 Å². The molecule has 2 atom stereocenters. The molecule has 2 heterocycles. The minimum Gasteiger partial charge on any atom is -0.377 e. The topological polar surface area (TPSA) is 41.7 Å². The highest BCUT2D eigenvalue weighted by Crippen LogP contribution is 2.20. The van der Waals surface area contributed by atoms with E-state index in [9.17, 15) is 0 Å². The van der Waals surface area contributed by atoms with Crippen molar-refractivity contribution in [2.45, 2.75) is 44.8 Å². The van der Waals surface area contributed by atoms with E-state index in [1.54, 1.807) is 0 Å². The van der Waals surface area contributed by atoms with Crippen molar-refractivity contribution in [2.24, 2.45) is 5.73 Å². The van der Waals surface area contributed by atoms with Crippen molar-refractivity contribution in [3.63, 3.8) is 0 Å². The number of rotatable bonds is 7. The first kappa shape index (κ1) is 14.3. The van der Waals surface area contributed by atoms with Crippen LogP contribution in [-0.4, -0.2) is 67.8 Å². The Morgan fingerprint density at radius 1 is 1.28 bits per heavy atom. The van der Waals surface area contributed by atoms with E-state index in [-0.39, 0.29) is 6.10 Å². The number of nitrogens with zero attached hydrogens (tertiary/aromatic N) is 2. The van der Waals surface area contributed by atoms with Crippen LogP contribution in [0.2, 0.25) is 0 Å². The lowest BCUT2D eigenvalue weighted by molar-refractivity contribution is 0.0557. The van der Waals surface area contributed by atoms with Crippen LogP contribution in [0.4, 0.5) is 0 Å². The lowest BCUT2D eigenvalue weighted by Crippen LogP contribution is -2.36. The normalized spacial score (nSPS) is 28.0. The van der Waals surface area contributed by atoms with E-state index in [1.165, 1.54) is 45.4 Å². The molecule has 0 aliphatic carbocycles. The Balaban J connectivity index is 1.65. The van der Waals surface area contributed by atoms with E-state index >= 15 is 0 Å². The summed E-state index contributed by atoms with van der Waals surface area (Å²) in [6, 6.07) is 0.816. The van der Waals surface area contributed by atoms with Gasteiger partial charge in [-0.25, -0.2) is 0 Å². The molecule has 2 unspecified atom stereocenters. The molecule has 2 N–H and O–H groups in total. The summed E-state index contributed by atoms with van der Waals surface area (Å²) in [7, 11) is 0. The molecule has 18 heavy (non-hydrogen) atoms. The molecule has 2 fully saturated rings. The highest BCUT2D eigenvalue weighted by Gasteiger charge is 2.29. The van der Waals surface area contributed by atoms with Crippen molar-refractivity contribution in [2.75, 3.05) is 45.9 Å². The average molecular weight is 255 g/mol. The third-order valence-corrected chi connectivity index (χ3v) is 4.34. The van der Waals surface area contributed by atoms with Gasteiger partial charge in [0.05, 0.1) is 6.10 Å². The Bertz CT molecular complexity index is 231. The highest BCUT2D eigenvalue weighted by atomic mass is 16.5. The summed E-state index contributed by atoms with van der Waals surface area (Å²) in [5.74, 6) is 0. The van der Waals surface area contributed by atoms with Crippen molar-refractivity contribution in [3.05, 3.63) is 0 Å². The Morgan fingerprint density at radius 2 is 2.06 bits per heavy atom. The van der Waals surface area contributed by atoms with Crippen molar-refractivity contribution < 1.29 is 4.74 Å². The minimum atomic E-state index is 0.251. The first-order chi connectivity index (χ1) is 8.83. The summed E-state index contributed by atoms with van der Waals surface area (Å²) in [5, 5.41) is 0. The molecule has 2 aliphatic heterocycles. The van der Waals surface area contributed by atoms with E-state index < -0.39 is 0 Å². The Kier molecular flexibility index (Phi) is 5.89. The van der Waals surface area contributed by atoms with Gasteiger partial charge in [-0.15, -0.1) is 0 Å². The van der Waals surface area contributed by atoms with Gasteiger partial charge in [-0.1, -0.05) is 0 Å². The number of hydrogen-bond donors (Lipinski definition) is 1. The van der Waals surface area contributed by atoms with Gasteiger partial charge in [0.25, 0.3) is 0 Å². The van der Waals surface area contributed by atoms with E-state index in [0.29, 0.717) is 6.54 Å². The maximum atomic E-state index is 5.72. The van der Waals surface area contributed by atoms with Crippen LogP contribution < -0.4 is 5.73 Å². The van der Waals surface area contributed by atoms with E-state index in [4.69, 9.17) is 10.5 Å². The first-order valence-electron chi connectivity index (χ1n) is 7.61. The molecule has 0 radical (unpaired) electrons. The fourth-order valence-corrected chi connectivity index (χ4v) is 3.25. The quantitative estimate of drug-likeness (QED) is 0.734. The van der Waals surface area contributed by atoms with Crippen LogP contribution in [0, 0.1) is 0 Å². The monoisotopic (exact) mass is 255 g/mol. The second kappa shape index (κ2) is 7.43. The lowest BCUT2D eigenvalue weighted by atomic mass is 10.2. The molecule has 0 aromatic heterocycles. The second-order valence-corrected chi connectivity index (χ2v) is 5.59. The summed E-state index contributed by atoms with van der Waals surface area (Å²) < 4.78 is 5.62. The summed E-state index contributed by atoms with van der Waals surface area (Å²) in [6.45, 7) is 9.77. The molecule has 2 rings (SSSR count). The lowest BCUT2D eigenvalue weighted by Gasteiger charge is -2.24. The fourth-order valence-electron chi connectivity index (χ4n) is 3.25. The predicted molar refractivity (Wildman–Crippen MR) is 74.7 cm³/mol. The molecular formula is C14H29N3O. The van der Waals surface area contributed by atoms with Crippen molar-refractivity contribution >= 4 is 0 Å². The molecule has 4 heteroatoms. The molecule has 0 bridgehead atoms. The van der Waals surface area contributed by atoms with Crippen molar-refractivity contribution in [3.8, 4) is 0 Å². The smallest absolute Gasteiger partial charge is 0.0709 e. The standard InChI is InChI=1S/C14H29N3O/c1-2-18-14(11-15)6-10-16-9-5-13(12-16)17-7-3-4-8-17/h13-14H,2-12,15H2,1H3. The third-order valence-electron chi connectivity index (χ3n) is 4.34. The Labute approximate surface area is 111 Å². The zero-order chi connectivity index (χ0) is 12.8. The maximum absolute atomic E-state index is 5.72. The molecule has 0 saturated carbocycles. The van der Waals surface area contributed by atoms with Gasteiger partial charge in [0.15, 0.2) is 0 Å². The zero-order valence-corrected chi connectivity index (χ0v) is 11.8. The fraction of sp³-hybridized carbons (Fsp3) is 1.00. The van der Waals surface area contributed by atoms with Crippen LogP contribution in [-0.2, 0) is 4.74 Å². The largest absolute Gasteiger partial charge is 0.377 e. The molecule has 4 nitrogen and oxygen atoms in total. The van der Waals surface area contributed by atoms with E-state index in [0.717, 1.165) is 25.6 Å². The number of likely N-dealkylation sites (tertiary alicyclic amines) is 2. The minimum absolute atomic E-state index is 0.251. The summed E-state index contributed by atoms with van der Waals surface area (Å²) in [6.07, 6.45) is 5.48. The van der Waals surface area contributed by atoms with Crippen LogP contribution >= 0.6 is 0 Å². The molecule has 0 spiro atoms. The zero-order valence-electron chi connectivity index (χ0n) is 11.8. The number of nitrogens with two attached hydrogens (primary N) is 1. The van der Waals surface area contributed by atoms with Crippen LogP contribution in [0.1, 0.15) is 32.6 Å². The summed E-state index contributed by atoms with van der Waals surface area (Å²) in [5.41, 5.74) is 5.72. The molecule has 2 aliphatic rings. The van der Waals surface area contributed by atoms with Crippen LogP contribution in [0.15, 0.2) is 0 Å². The predicted octanol–water partition coefficient (Wildman–Crippen LogP) is 0.910. The maximum Gasteiger partial charge on any atom is 0.0709 e. The van der Waals surface area contributed by atoms with Crippen molar-refractivity contribution in [1.29, 1.82) is 0 Å². The first-order valence-corrected chi connectivity index (χ1v) is 7.61. The average Bonchev–Trinajstić information content (AvgIpc) is 3.04. The van der Waals surface area contributed by atoms with Gasteiger partial charge >= 0.3 is 0 Å². The molecule has 0 aromatic carbocycles. The summed E-state index contributed by atoms with van der Waals surface area (Å²) in [4.78, 5) is 5.27. The SMILES string of the molecule is CCOC(CN)CCN1CCC(N2CCCC2)C1. The van der Waals surface area contributed by atoms with Crippen molar-refractivity contribution in [1.82, 2.24) is 9.80 Å².